The van der Waals surface area contributed by atoms with Crippen molar-refractivity contribution in [2.45, 2.75) is 13.0 Å². The quantitative estimate of drug-likeness (QED) is 0.766. The second kappa shape index (κ2) is 5.95. The normalized spacial score (nSPS) is 11.9. The van der Waals surface area contributed by atoms with E-state index >= 15 is 0 Å². The summed E-state index contributed by atoms with van der Waals surface area (Å²) < 4.78 is 4.69. The maximum Gasteiger partial charge on any atom is 0.334 e. The standard InChI is InChI=1S/C11H14N2O4/c1-7-3-8(5-12-4-7)10(14)13-6-9(17-2)11(15)16/h3-5,9H,6H2,1-2H3,(H,13,14)(H,15,16). The summed E-state index contributed by atoms with van der Waals surface area (Å²) in [4.78, 5) is 26.2. The molecule has 2 N–H and O–H groups in total. The van der Waals surface area contributed by atoms with Crippen molar-refractivity contribution in [3.63, 3.8) is 0 Å². The van der Waals surface area contributed by atoms with Crippen LogP contribution in [-0.4, -0.2) is 41.7 Å². The molecule has 0 aromatic carbocycles. The molecule has 0 aliphatic carbocycles. The van der Waals surface area contributed by atoms with Crippen LogP contribution in [0.4, 0.5) is 0 Å². The van der Waals surface area contributed by atoms with Gasteiger partial charge in [0.05, 0.1) is 12.1 Å². The van der Waals surface area contributed by atoms with E-state index in [2.05, 4.69) is 10.3 Å². The minimum atomic E-state index is -1.12. The van der Waals surface area contributed by atoms with Crippen molar-refractivity contribution in [1.29, 1.82) is 0 Å². The number of rotatable bonds is 5. The Bertz CT molecular complexity index is 420. The molecule has 1 rings (SSSR count). The highest BCUT2D eigenvalue weighted by molar-refractivity contribution is 5.94. The molecule has 1 atom stereocenters. The highest BCUT2D eigenvalue weighted by Crippen LogP contribution is 2.01. The van der Waals surface area contributed by atoms with Gasteiger partial charge in [-0.25, -0.2) is 4.79 Å². The highest BCUT2D eigenvalue weighted by atomic mass is 16.5. The van der Waals surface area contributed by atoms with Crippen LogP contribution >= 0.6 is 0 Å². The van der Waals surface area contributed by atoms with Crippen LogP contribution in [0.15, 0.2) is 18.5 Å². The van der Waals surface area contributed by atoms with E-state index in [4.69, 9.17) is 9.84 Å². The summed E-state index contributed by atoms with van der Waals surface area (Å²) in [6.07, 6.45) is 2.01. The third kappa shape index (κ3) is 3.84. The minimum absolute atomic E-state index is 0.0847. The molecule has 0 bridgehead atoms. The summed E-state index contributed by atoms with van der Waals surface area (Å²) in [5.74, 6) is -1.49. The number of aryl methyl sites for hydroxylation is 1. The number of aliphatic carboxylic acids is 1. The maximum atomic E-state index is 11.6. The molecule has 0 saturated heterocycles. The predicted molar refractivity (Wildman–Crippen MR) is 59.7 cm³/mol. The molecule has 1 unspecified atom stereocenters. The first-order chi connectivity index (χ1) is 8.04. The summed E-state index contributed by atoms with van der Waals surface area (Å²) in [5, 5.41) is 11.2. The fourth-order valence-electron chi connectivity index (χ4n) is 1.24. The molecule has 0 aliphatic rings. The molecule has 17 heavy (non-hydrogen) atoms. The van der Waals surface area contributed by atoms with Crippen LogP contribution in [0.1, 0.15) is 15.9 Å². The van der Waals surface area contributed by atoms with Gasteiger partial charge in [-0.15, -0.1) is 0 Å². The van der Waals surface area contributed by atoms with E-state index in [1.807, 2.05) is 6.92 Å². The van der Waals surface area contributed by atoms with Gasteiger partial charge < -0.3 is 15.2 Å². The zero-order valence-corrected chi connectivity index (χ0v) is 9.64. The summed E-state index contributed by atoms with van der Waals surface area (Å²) >= 11 is 0. The number of hydrogen-bond donors (Lipinski definition) is 2. The van der Waals surface area contributed by atoms with Crippen molar-refractivity contribution in [1.82, 2.24) is 10.3 Å². The number of methoxy groups -OCH3 is 1. The number of carbonyl (C=O) groups excluding carboxylic acids is 1. The smallest absolute Gasteiger partial charge is 0.334 e. The SMILES string of the molecule is COC(CNC(=O)c1cncc(C)c1)C(=O)O. The van der Waals surface area contributed by atoms with Crippen molar-refractivity contribution in [3.05, 3.63) is 29.6 Å². The number of nitrogens with zero attached hydrogens (tertiary/aromatic N) is 1. The Morgan fingerprint density at radius 2 is 2.24 bits per heavy atom. The van der Waals surface area contributed by atoms with Crippen LogP contribution in [0, 0.1) is 6.92 Å². The van der Waals surface area contributed by atoms with Crippen LogP contribution < -0.4 is 5.32 Å². The number of amides is 1. The number of carbonyl (C=O) groups is 2. The number of carboxylic acid groups (broad SMARTS) is 1. The molecule has 0 radical (unpaired) electrons. The van der Waals surface area contributed by atoms with Crippen LogP contribution in [0.3, 0.4) is 0 Å². The Hall–Kier alpha value is -1.95. The Morgan fingerprint density at radius 1 is 1.53 bits per heavy atom. The lowest BCUT2D eigenvalue weighted by molar-refractivity contribution is -0.148. The predicted octanol–water partition coefficient (Wildman–Crippen LogP) is 0.219. The lowest BCUT2D eigenvalue weighted by atomic mass is 10.2. The minimum Gasteiger partial charge on any atom is -0.479 e. The van der Waals surface area contributed by atoms with E-state index in [0.717, 1.165) is 5.56 Å². The molecule has 0 saturated carbocycles. The largest absolute Gasteiger partial charge is 0.479 e. The molecule has 6 nitrogen and oxygen atoms in total. The summed E-state index contributed by atoms with van der Waals surface area (Å²) in [7, 11) is 1.28. The Morgan fingerprint density at radius 3 is 2.76 bits per heavy atom. The van der Waals surface area contributed by atoms with Crippen molar-refractivity contribution >= 4 is 11.9 Å². The van der Waals surface area contributed by atoms with E-state index in [-0.39, 0.29) is 12.5 Å². The zero-order chi connectivity index (χ0) is 12.8. The summed E-state index contributed by atoms with van der Waals surface area (Å²) in [6, 6.07) is 1.67. The average Bonchev–Trinajstić information content (AvgIpc) is 2.29. The first-order valence-corrected chi connectivity index (χ1v) is 5.00. The number of pyridine rings is 1. The molecule has 1 amide bonds. The van der Waals surface area contributed by atoms with Crippen LogP contribution in [0.2, 0.25) is 0 Å². The molecule has 1 heterocycles. The first kappa shape index (κ1) is 13.1. The molecular formula is C11H14N2O4. The van der Waals surface area contributed by atoms with Crippen LogP contribution in [0.25, 0.3) is 0 Å². The van der Waals surface area contributed by atoms with E-state index in [1.165, 1.54) is 13.3 Å². The molecule has 0 spiro atoms. The number of ether oxygens (including phenoxy) is 1. The van der Waals surface area contributed by atoms with E-state index in [0.29, 0.717) is 5.56 Å². The monoisotopic (exact) mass is 238 g/mol. The fourth-order valence-corrected chi connectivity index (χ4v) is 1.24. The third-order valence-corrected chi connectivity index (χ3v) is 2.15. The van der Waals surface area contributed by atoms with Gasteiger partial charge in [0.25, 0.3) is 5.91 Å². The maximum absolute atomic E-state index is 11.6. The van der Waals surface area contributed by atoms with Gasteiger partial charge in [0, 0.05) is 19.5 Å². The zero-order valence-electron chi connectivity index (χ0n) is 9.64. The Labute approximate surface area is 98.6 Å². The van der Waals surface area contributed by atoms with Crippen LogP contribution in [-0.2, 0) is 9.53 Å². The van der Waals surface area contributed by atoms with Gasteiger partial charge in [0.2, 0.25) is 0 Å². The fraction of sp³-hybridized carbons (Fsp3) is 0.364. The molecule has 6 heteroatoms. The van der Waals surface area contributed by atoms with Crippen LogP contribution in [0.5, 0.6) is 0 Å². The molecule has 1 aromatic heterocycles. The lowest BCUT2D eigenvalue weighted by Gasteiger charge is -2.11. The van der Waals surface area contributed by atoms with Crippen molar-refractivity contribution in [2.75, 3.05) is 13.7 Å². The number of carboxylic acids is 1. The van der Waals surface area contributed by atoms with E-state index < -0.39 is 12.1 Å². The van der Waals surface area contributed by atoms with Gasteiger partial charge >= 0.3 is 5.97 Å². The number of nitrogens with one attached hydrogen (secondary N) is 1. The number of aromatic nitrogens is 1. The van der Waals surface area contributed by atoms with Gasteiger partial charge in [-0.1, -0.05) is 0 Å². The summed E-state index contributed by atoms with van der Waals surface area (Å²) in [6.45, 7) is 1.73. The van der Waals surface area contributed by atoms with Gasteiger partial charge in [-0.3, -0.25) is 9.78 Å². The highest BCUT2D eigenvalue weighted by Gasteiger charge is 2.17. The van der Waals surface area contributed by atoms with Gasteiger partial charge in [0.1, 0.15) is 0 Å². The van der Waals surface area contributed by atoms with Gasteiger partial charge in [0.15, 0.2) is 6.10 Å². The van der Waals surface area contributed by atoms with Gasteiger partial charge in [-0.2, -0.15) is 0 Å². The topological polar surface area (TPSA) is 88.5 Å². The first-order valence-electron chi connectivity index (χ1n) is 5.00. The van der Waals surface area contributed by atoms with E-state index in [9.17, 15) is 9.59 Å². The average molecular weight is 238 g/mol. The van der Waals surface area contributed by atoms with E-state index in [1.54, 1.807) is 12.3 Å². The second-order valence-corrected chi connectivity index (χ2v) is 3.52. The van der Waals surface area contributed by atoms with Crippen molar-refractivity contribution in [2.24, 2.45) is 0 Å². The lowest BCUT2D eigenvalue weighted by Crippen LogP contribution is -2.37. The molecule has 1 aromatic rings. The van der Waals surface area contributed by atoms with Crippen molar-refractivity contribution < 1.29 is 19.4 Å². The number of hydrogen-bond acceptors (Lipinski definition) is 4. The molecule has 0 aliphatic heterocycles. The third-order valence-electron chi connectivity index (χ3n) is 2.15. The Balaban J connectivity index is 2.58. The Kier molecular flexibility index (Phi) is 4.59. The molecule has 0 fully saturated rings. The molecule has 92 valence electrons. The second-order valence-electron chi connectivity index (χ2n) is 3.52. The summed E-state index contributed by atoms with van der Waals surface area (Å²) in [5.41, 5.74) is 1.25. The molecular weight excluding hydrogens is 224 g/mol. The van der Waals surface area contributed by atoms with Crippen molar-refractivity contribution in [3.8, 4) is 0 Å². The van der Waals surface area contributed by atoms with Gasteiger partial charge in [-0.05, 0) is 18.6 Å².